The van der Waals surface area contributed by atoms with E-state index in [1.54, 1.807) is 0 Å². The van der Waals surface area contributed by atoms with Crippen molar-refractivity contribution in [3.63, 3.8) is 0 Å². The van der Waals surface area contributed by atoms with Gasteiger partial charge in [-0.3, -0.25) is 0 Å². The normalized spacial score (nSPS) is 12.2. The zero-order valence-electron chi connectivity index (χ0n) is 11.3. The quantitative estimate of drug-likeness (QED) is 0.811. The van der Waals surface area contributed by atoms with Crippen LogP contribution in [0, 0.1) is 5.92 Å². The highest BCUT2D eigenvalue weighted by molar-refractivity contribution is 5.17. The summed E-state index contributed by atoms with van der Waals surface area (Å²) in [6, 6.07) is 10.5. The van der Waals surface area contributed by atoms with Crippen LogP contribution in [0.3, 0.4) is 0 Å². The predicted octanol–water partition coefficient (Wildman–Crippen LogP) is 4.22. The topological polar surface area (TPSA) is 20.2 Å². The summed E-state index contributed by atoms with van der Waals surface area (Å²) in [4.78, 5) is 0. The molecule has 0 aromatic heterocycles. The van der Waals surface area contributed by atoms with Crippen LogP contribution in [0.25, 0.3) is 0 Å². The van der Waals surface area contributed by atoms with E-state index in [2.05, 4.69) is 52.0 Å². The number of hydrogen-bond acceptors (Lipinski definition) is 1. The molecule has 0 saturated carbocycles. The van der Waals surface area contributed by atoms with Gasteiger partial charge in [-0.1, -0.05) is 58.0 Å². The fraction of sp³-hybridized carbons (Fsp3) is 0.600. The smallest absolute Gasteiger partial charge is 0.0514 e. The van der Waals surface area contributed by atoms with E-state index in [1.807, 2.05) is 13.0 Å². The molecule has 1 rings (SSSR count). The lowest BCUT2D eigenvalue weighted by Crippen LogP contribution is -2.03. The van der Waals surface area contributed by atoms with Crippen molar-refractivity contribution in [3.05, 3.63) is 35.9 Å². The number of rotatable bonds is 3. The molecule has 92 valence electrons. The second-order valence-corrected chi connectivity index (χ2v) is 5.04. The average Bonchev–Trinajstić information content (AvgIpc) is 2.17. The molecule has 0 bridgehead atoms. The van der Waals surface area contributed by atoms with Crippen molar-refractivity contribution in [2.45, 2.75) is 53.1 Å². The van der Waals surface area contributed by atoms with E-state index in [4.69, 9.17) is 5.11 Å². The van der Waals surface area contributed by atoms with Gasteiger partial charge in [-0.2, -0.15) is 0 Å². The minimum absolute atomic E-state index is 0.125. The van der Waals surface area contributed by atoms with Crippen LogP contribution in [0.4, 0.5) is 0 Å². The van der Waals surface area contributed by atoms with Gasteiger partial charge in [-0.05, 0) is 30.7 Å². The molecular formula is C15H26O. The Kier molecular flexibility index (Phi) is 7.92. The number of hydrogen-bond donors (Lipinski definition) is 1. The largest absolute Gasteiger partial charge is 0.393 e. The minimum Gasteiger partial charge on any atom is -0.393 e. The first-order valence-electron chi connectivity index (χ1n) is 6.16. The van der Waals surface area contributed by atoms with Gasteiger partial charge in [0.2, 0.25) is 0 Å². The van der Waals surface area contributed by atoms with Crippen molar-refractivity contribution in [2.24, 2.45) is 5.92 Å². The summed E-state index contributed by atoms with van der Waals surface area (Å²) in [5, 5.41) is 8.72. The molecule has 0 aliphatic carbocycles. The Labute approximate surface area is 101 Å². The van der Waals surface area contributed by atoms with Gasteiger partial charge in [0, 0.05) is 0 Å². The van der Waals surface area contributed by atoms with Crippen molar-refractivity contribution >= 4 is 0 Å². The maximum Gasteiger partial charge on any atom is 0.0514 e. The summed E-state index contributed by atoms with van der Waals surface area (Å²) in [6.45, 7) is 10.4. The van der Waals surface area contributed by atoms with Crippen LogP contribution in [-0.4, -0.2) is 11.2 Å². The van der Waals surface area contributed by atoms with Gasteiger partial charge in [0.25, 0.3) is 0 Å². The van der Waals surface area contributed by atoms with Crippen LogP contribution in [0.1, 0.15) is 52.5 Å². The molecule has 1 aromatic carbocycles. The molecule has 0 amide bonds. The van der Waals surface area contributed by atoms with Crippen molar-refractivity contribution in [2.75, 3.05) is 0 Å². The SMILES string of the molecule is CC(C)CC(C)O.CC(C)c1ccccc1. The molecular weight excluding hydrogens is 196 g/mol. The summed E-state index contributed by atoms with van der Waals surface area (Å²) < 4.78 is 0. The lowest BCUT2D eigenvalue weighted by atomic mass is 10.0. The highest BCUT2D eigenvalue weighted by Gasteiger charge is 1.97. The monoisotopic (exact) mass is 222 g/mol. The third-order valence-electron chi connectivity index (χ3n) is 2.28. The Morgan fingerprint density at radius 2 is 1.44 bits per heavy atom. The van der Waals surface area contributed by atoms with Gasteiger partial charge in [-0.15, -0.1) is 0 Å². The fourth-order valence-corrected chi connectivity index (χ4v) is 1.52. The number of aliphatic hydroxyl groups excluding tert-OH is 1. The van der Waals surface area contributed by atoms with E-state index in [9.17, 15) is 0 Å². The van der Waals surface area contributed by atoms with Gasteiger partial charge in [-0.25, -0.2) is 0 Å². The molecule has 1 nitrogen and oxygen atoms in total. The summed E-state index contributed by atoms with van der Waals surface area (Å²) in [7, 11) is 0. The van der Waals surface area contributed by atoms with Crippen LogP contribution in [0.15, 0.2) is 30.3 Å². The fourth-order valence-electron chi connectivity index (χ4n) is 1.52. The second kappa shape index (κ2) is 8.35. The van der Waals surface area contributed by atoms with Crippen molar-refractivity contribution in [1.82, 2.24) is 0 Å². The van der Waals surface area contributed by atoms with E-state index in [-0.39, 0.29) is 6.10 Å². The van der Waals surface area contributed by atoms with Crippen LogP contribution in [0.2, 0.25) is 0 Å². The van der Waals surface area contributed by atoms with Gasteiger partial charge in [0.15, 0.2) is 0 Å². The van der Waals surface area contributed by atoms with Gasteiger partial charge in [0.05, 0.1) is 6.10 Å². The number of benzene rings is 1. The Morgan fingerprint density at radius 1 is 0.938 bits per heavy atom. The van der Waals surface area contributed by atoms with Crippen molar-refractivity contribution in [1.29, 1.82) is 0 Å². The van der Waals surface area contributed by atoms with Crippen LogP contribution < -0.4 is 0 Å². The molecule has 0 heterocycles. The standard InChI is InChI=1S/C9H12.C6H14O/c1-8(2)9-6-4-3-5-7-9;1-5(2)4-6(3)7/h3-8H,1-2H3;5-7H,4H2,1-3H3. The molecule has 1 aromatic rings. The number of aliphatic hydroxyl groups is 1. The van der Waals surface area contributed by atoms with E-state index in [1.165, 1.54) is 5.56 Å². The molecule has 1 N–H and O–H groups in total. The molecule has 1 atom stereocenters. The van der Waals surface area contributed by atoms with E-state index in [0.29, 0.717) is 11.8 Å². The van der Waals surface area contributed by atoms with E-state index in [0.717, 1.165) is 6.42 Å². The average molecular weight is 222 g/mol. The van der Waals surface area contributed by atoms with Gasteiger partial charge >= 0.3 is 0 Å². The Hall–Kier alpha value is -0.820. The summed E-state index contributed by atoms with van der Waals surface area (Å²) in [5.74, 6) is 1.28. The van der Waals surface area contributed by atoms with Gasteiger partial charge < -0.3 is 5.11 Å². The van der Waals surface area contributed by atoms with Gasteiger partial charge in [0.1, 0.15) is 0 Å². The van der Waals surface area contributed by atoms with Crippen molar-refractivity contribution < 1.29 is 5.11 Å². The van der Waals surface area contributed by atoms with Crippen LogP contribution in [-0.2, 0) is 0 Å². The molecule has 1 unspecified atom stereocenters. The minimum atomic E-state index is -0.125. The highest BCUT2D eigenvalue weighted by Crippen LogP contribution is 2.11. The zero-order chi connectivity index (χ0) is 12.6. The van der Waals surface area contributed by atoms with Crippen LogP contribution in [0.5, 0.6) is 0 Å². The Balaban J connectivity index is 0.000000293. The summed E-state index contributed by atoms with van der Waals surface area (Å²) in [6.07, 6.45) is 0.792. The first-order chi connectivity index (χ1) is 7.43. The molecule has 0 fully saturated rings. The molecule has 0 aliphatic rings. The van der Waals surface area contributed by atoms with E-state index >= 15 is 0 Å². The first-order valence-corrected chi connectivity index (χ1v) is 6.16. The summed E-state index contributed by atoms with van der Waals surface area (Å²) in [5.41, 5.74) is 1.41. The maximum atomic E-state index is 8.72. The highest BCUT2D eigenvalue weighted by atomic mass is 16.3. The lowest BCUT2D eigenvalue weighted by molar-refractivity contribution is 0.168. The molecule has 0 saturated heterocycles. The molecule has 0 spiro atoms. The predicted molar refractivity (Wildman–Crippen MR) is 71.7 cm³/mol. The molecule has 1 heteroatoms. The Bertz CT molecular complexity index is 243. The molecule has 0 aliphatic heterocycles. The Morgan fingerprint density at radius 3 is 1.62 bits per heavy atom. The van der Waals surface area contributed by atoms with Crippen LogP contribution >= 0.6 is 0 Å². The summed E-state index contributed by atoms with van der Waals surface area (Å²) >= 11 is 0. The first kappa shape index (κ1) is 15.2. The van der Waals surface area contributed by atoms with Crippen molar-refractivity contribution in [3.8, 4) is 0 Å². The lowest BCUT2D eigenvalue weighted by Gasteiger charge is -2.04. The third kappa shape index (κ3) is 8.49. The molecule has 16 heavy (non-hydrogen) atoms. The zero-order valence-corrected chi connectivity index (χ0v) is 11.3. The third-order valence-corrected chi connectivity index (χ3v) is 2.28. The van der Waals surface area contributed by atoms with E-state index < -0.39 is 0 Å². The maximum absolute atomic E-state index is 8.72. The molecule has 0 radical (unpaired) electrons. The second-order valence-electron chi connectivity index (χ2n) is 5.04.